The molecule has 2 aliphatic rings. The topological polar surface area (TPSA) is 75.2 Å². The Morgan fingerprint density at radius 2 is 2.08 bits per heavy atom. The third kappa shape index (κ3) is 6.65. The SMILES string of the molecule is CC(COC1CCOC1)NC(=NCC(=O)N(C)C)NC1CCCC1. The van der Waals surface area contributed by atoms with E-state index in [1.54, 1.807) is 19.0 Å². The molecule has 2 unspecified atom stereocenters. The third-order valence-corrected chi connectivity index (χ3v) is 4.42. The molecule has 1 aliphatic carbocycles. The lowest BCUT2D eigenvalue weighted by Gasteiger charge is -2.22. The summed E-state index contributed by atoms with van der Waals surface area (Å²) in [7, 11) is 3.49. The van der Waals surface area contributed by atoms with E-state index in [4.69, 9.17) is 9.47 Å². The number of carbonyl (C=O) groups excluding carboxylic acids is 1. The van der Waals surface area contributed by atoms with E-state index in [0.29, 0.717) is 25.2 Å². The van der Waals surface area contributed by atoms with Gasteiger partial charge in [0.2, 0.25) is 5.91 Å². The number of likely N-dealkylation sites (N-methyl/N-ethyl adjacent to an activating group) is 1. The Morgan fingerprint density at radius 3 is 2.71 bits per heavy atom. The average molecular weight is 340 g/mol. The van der Waals surface area contributed by atoms with E-state index in [2.05, 4.69) is 22.5 Å². The Kier molecular flexibility index (Phi) is 7.78. The highest BCUT2D eigenvalue weighted by atomic mass is 16.5. The number of hydrogen-bond donors (Lipinski definition) is 2. The molecule has 7 heteroatoms. The fourth-order valence-corrected chi connectivity index (χ4v) is 2.88. The van der Waals surface area contributed by atoms with Crippen LogP contribution in [0, 0.1) is 0 Å². The van der Waals surface area contributed by atoms with Crippen LogP contribution in [-0.4, -0.2) is 75.4 Å². The summed E-state index contributed by atoms with van der Waals surface area (Å²) in [5.41, 5.74) is 0. The number of rotatable bonds is 7. The number of amides is 1. The molecule has 2 rings (SSSR count). The lowest BCUT2D eigenvalue weighted by Crippen LogP contribution is -2.48. The minimum absolute atomic E-state index is 0.00507. The summed E-state index contributed by atoms with van der Waals surface area (Å²) in [5, 5.41) is 6.82. The number of nitrogens with zero attached hydrogens (tertiary/aromatic N) is 2. The van der Waals surface area contributed by atoms with Gasteiger partial charge in [0.05, 0.1) is 19.3 Å². The van der Waals surface area contributed by atoms with Crippen LogP contribution in [-0.2, 0) is 14.3 Å². The molecule has 1 saturated heterocycles. The first-order valence-corrected chi connectivity index (χ1v) is 9.01. The monoisotopic (exact) mass is 340 g/mol. The normalized spacial score (nSPS) is 23.3. The van der Waals surface area contributed by atoms with Crippen molar-refractivity contribution in [1.82, 2.24) is 15.5 Å². The Balaban J connectivity index is 1.82. The molecule has 24 heavy (non-hydrogen) atoms. The molecular formula is C17H32N4O3. The minimum atomic E-state index is -0.00507. The van der Waals surface area contributed by atoms with Gasteiger partial charge in [0.15, 0.2) is 5.96 Å². The first-order valence-electron chi connectivity index (χ1n) is 9.01. The fourth-order valence-electron chi connectivity index (χ4n) is 2.88. The van der Waals surface area contributed by atoms with Crippen LogP contribution in [0.25, 0.3) is 0 Å². The molecule has 0 aromatic carbocycles. The highest BCUT2D eigenvalue weighted by molar-refractivity contribution is 5.85. The molecule has 1 aliphatic heterocycles. The van der Waals surface area contributed by atoms with Crippen LogP contribution in [0.1, 0.15) is 39.0 Å². The van der Waals surface area contributed by atoms with Crippen LogP contribution in [0.15, 0.2) is 4.99 Å². The van der Waals surface area contributed by atoms with Crippen molar-refractivity contribution in [2.75, 3.05) is 40.5 Å². The van der Waals surface area contributed by atoms with Crippen LogP contribution >= 0.6 is 0 Å². The zero-order chi connectivity index (χ0) is 17.4. The lowest BCUT2D eigenvalue weighted by molar-refractivity contribution is -0.127. The van der Waals surface area contributed by atoms with Crippen molar-refractivity contribution in [1.29, 1.82) is 0 Å². The number of ether oxygens (including phenoxy) is 2. The predicted octanol–water partition coefficient (Wildman–Crippen LogP) is 0.746. The lowest BCUT2D eigenvalue weighted by atomic mass is 10.2. The van der Waals surface area contributed by atoms with Crippen molar-refractivity contribution >= 4 is 11.9 Å². The van der Waals surface area contributed by atoms with Crippen LogP contribution in [0.2, 0.25) is 0 Å². The molecule has 0 bridgehead atoms. The Labute approximate surface area is 145 Å². The summed E-state index contributed by atoms with van der Waals surface area (Å²) in [6.07, 6.45) is 5.99. The summed E-state index contributed by atoms with van der Waals surface area (Å²) in [6, 6.07) is 0.565. The predicted molar refractivity (Wildman–Crippen MR) is 94.2 cm³/mol. The molecule has 1 amide bonds. The molecule has 1 heterocycles. The first-order chi connectivity index (χ1) is 11.5. The molecule has 2 fully saturated rings. The van der Waals surface area contributed by atoms with E-state index in [-0.39, 0.29) is 24.6 Å². The maximum absolute atomic E-state index is 11.8. The molecule has 138 valence electrons. The Bertz CT molecular complexity index is 416. The van der Waals surface area contributed by atoms with Gasteiger partial charge in [0, 0.05) is 32.8 Å². The van der Waals surface area contributed by atoms with Gasteiger partial charge in [-0.15, -0.1) is 0 Å². The van der Waals surface area contributed by atoms with E-state index in [1.807, 2.05) is 0 Å². The van der Waals surface area contributed by atoms with Crippen molar-refractivity contribution in [3.8, 4) is 0 Å². The fraction of sp³-hybridized carbons (Fsp3) is 0.882. The van der Waals surface area contributed by atoms with E-state index >= 15 is 0 Å². The molecule has 2 N–H and O–H groups in total. The first kappa shape index (κ1) is 19.0. The quantitative estimate of drug-likeness (QED) is 0.528. The smallest absolute Gasteiger partial charge is 0.243 e. The summed E-state index contributed by atoms with van der Waals surface area (Å²) in [6.45, 7) is 4.29. The van der Waals surface area contributed by atoms with Crippen molar-refractivity contribution in [3.05, 3.63) is 0 Å². The van der Waals surface area contributed by atoms with Gasteiger partial charge in [-0.3, -0.25) is 4.79 Å². The molecule has 1 saturated carbocycles. The zero-order valence-electron chi connectivity index (χ0n) is 15.2. The minimum Gasteiger partial charge on any atom is -0.379 e. The molecule has 0 aromatic rings. The van der Waals surface area contributed by atoms with Crippen LogP contribution in [0.3, 0.4) is 0 Å². The van der Waals surface area contributed by atoms with Gasteiger partial charge in [0.25, 0.3) is 0 Å². The maximum Gasteiger partial charge on any atom is 0.243 e. The van der Waals surface area contributed by atoms with Gasteiger partial charge in [-0.1, -0.05) is 12.8 Å². The zero-order valence-corrected chi connectivity index (χ0v) is 15.2. The highest BCUT2D eigenvalue weighted by Crippen LogP contribution is 2.17. The molecular weight excluding hydrogens is 308 g/mol. The third-order valence-electron chi connectivity index (χ3n) is 4.42. The molecule has 7 nitrogen and oxygen atoms in total. The standard InChI is InChI=1S/C17H32N4O3/c1-13(11-24-15-8-9-23-12-15)19-17(18-10-16(22)21(2)3)20-14-6-4-5-7-14/h13-15H,4-12H2,1-3H3,(H2,18,19,20). The summed E-state index contributed by atoms with van der Waals surface area (Å²) >= 11 is 0. The van der Waals surface area contributed by atoms with Gasteiger partial charge in [-0.25, -0.2) is 4.99 Å². The second-order valence-corrected chi connectivity index (χ2v) is 6.94. The average Bonchev–Trinajstić information content (AvgIpc) is 3.23. The maximum atomic E-state index is 11.8. The second kappa shape index (κ2) is 9.84. The van der Waals surface area contributed by atoms with Gasteiger partial charge < -0.3 is 25.0 Å². The Hall–Kier alpha value is -1.34. The van der Waals surface area contributed by atoms with Crippen molar-refractivity contribution in [2.24, 2.45) is 4.99 Å². The number of aliphatic imine (C=N–C) groups is 1. The molecule has 0 radical (unpaired) electrons. The van der Waals surface area contributed by atoms with E-state index < -0.39 is 0 Å². The molecule has 0 aromatic heterocycles. The number of hydrogen-bond acceptors (Lipinski definition) is 4. The van der Waals surface area contributed by atoms with Gasteiger partial charge in [-0.2, -0.15) is 0 Å². The van der Waals surface area contributed by atoms with E-state index in [1.165, 1.54) is 12.8 Å². The number of carbonyl (C=O) groups is 1. The number of nitrogens with one attached hydrogen (secondary N) is 2. The Morgan fingerprint density at radius 1 is 1.33 bits per heavy atom. The van der Waals surface area contributed by atoms with Crippen molar-refractivity contribution in [3.63, 3.8) is 0 Å². The summed E-state index contributed by atoms with van der Waals surface area (Å²) in [5.74, 6) is 0.699. The van der Waals surface area contributed by atoms with Gasteiger partial charge >= 0.3 is 0 Å². The van der Waals surface area contributed by atoms with Crippen LogP contribution in [0.5, 0.6) is 0 Å². The summed E-state index contributed by atoms with van der Waals surface area (Å²) < 4.78 is 11.2. The van der Waals surface area contributed by atoms with Gasteiger partial charge in [0.1, 0.15) is 6.54 Å². The number of guanidine groups is 1. The largest absolute Gasteiger partial charge is 0.379 e. The summed E-state index contributed by atoms with van der Waals surface area (Å²) in [4.78, 5) is 17.8. The second-order valence-electron chi connectivity index (χ2n) is 6.94. The van der Waals surface area contributed by atoms with E-state index in [9.17, 15) is 4.79 Å². The van der Waals surface area contributed by atoms with E-state index in [0.717, 1.165) is 25.9 Å². The van der Waals surface area contributed by atoms with Crippen LogP contribution in [0.4, 0.5) is 0 Å². The molecule has 2 atom stereocenters. The van der Waals surface area contributed by atoms with Crippen LogP contribution < -0.4 is 10.6 Å². The molecule has 0 spiro atoms. The van der Waals surface area contributed by atoms with Crippen molar-refractivity contribution < 1.29 is 14.3 Å². The highest BCUT2D eigenvalue weighted by Gasteiger charge is 2.19. The van der Waals surface area contributed by atoms with Gasteiger partial charge in [-0.05, 0) is 26.2 Å². The van der Waals surface area contributed by atoms with Crippen molar-refractivity contribution in [2.45, 2.75) is 57.2 Å².